The number of carbonyl (C=O) groups is 1. The Bertz CT molecular complexity index is 392. The van der Waals surface area contributed by atoms with Crippen LogP contribution < -0.4 is 5.32 Å². The van der Waals surface area contributed by atoms with Crippen molar-refractivity contribution in [2.75, 3.05) is 11.9 Å². The number of benzene rings is 1. The van der Waals surface area contributed by atoms with Crippen LogP contribution in [0.2, 0.25) is 0 Å². The lowest BCUT2D eigenvalue weighted by molar-refractivity contribution is 0.0948. The first kappa shape index (κ1) is 14.2. The number of aryl methyl sites for hydroxylation is 3. The van der Waals surface area contributed by atoms with Crippen molar-refractivity contribution in [1.29, 1.82) is 0 Å². The Morgan fingerprint density at radius 1 is 1.29 bits per heavy atom. The molecule has 2 nitrogen and oxygen atoms in total. The highest BCUT2D eigenvalue weighted by Gasteiger charge is 2.13. The van der Waals surface area contributed by atoms with Crippen LogP contribution in [0, 0.1) is 26.7 Å². The number of carbonyl (C=O) groups excluding carboxylic acids is 1. The second kappa shape index (κ2) is 6.20. The molecular formula is C14H20BrNO. The lowest BCUT2D eigenvalue weighted by Gasteiger charge is -2.13. The molecule has 1 aromatic rings. The van der Waals surface area contributed by atoms with E-state index in [1.54, 1.807) is 0 Å². The molecule has 0 heterocycles. The van der Waals surface area contributed by atoms with Crippen LogP contribution in [-0.4, -0.2) is 17.8 Å². The van der Waals surface area contributed by atoms with Crippen LogP contribution in [0.15, 0.2) is 12.1 Å². The average Bonchev–Trinajstić information content (AvgIpc) is 2.24. The highest BCUT2D eigenvalue weighted by Crippen LogP contribution is 2.16. The zero-order valence-corrected chi connectivity index (χ0v) is 12.5. The fourth-order valence-electron chi connectivity index (χ4n) is 1.95. The summed E-state index contributed by atoms with van der Waals surface area (Å²) in [5, 5.41) is 3.88. The Hall–Kier alpha value is -0.830. The quantitative estimate of drug-likeness (QED) is 0.848. The normalized spacial score (nSPS) is 12.3. The molecule has 1 N–H and O–H groups in total. The number of hydrogen-bond donors (Lipinski definition) is 1. The standard InChI is InChI=1S/C14H20BrNO/c1-9-5-11(3)13(12(4)6-9)14(17)16-8-10(2)7-15/h5-6,10H,7-8H2,1-4H3,(H,16,17). The van der Waals surface area contributed by atoms with E-state index in [1.165, 1.54) is 5.56 Å². The molecule has 0 saturated heterocycles. The van der Waals surface area contributed by atoms with E-state index in [1.807, 2.05) is 13.8 Å². The van der Waals surface area contributed by atoms with Crippen LogP contribution in [0.4, 0.5) is 0 Å². The van der Waals surface area contributed by atoms with Gasteiger partial charge in [0.1, 0.15) is 0 Å². The molecule has 1 amide bonds. The van der Waals surface area contributed by atoms with Crippen LogP contribution in [0.1, 0.15) is 34.0 Å². The Morgan fingerprint density at radius 3 is 2.29 bits per heavy atom. The maximum absolute atomic E-state index is 12.1. The smallest absolute Gasteiger partial charge is 0.251 e. The number of hydrogen-bond acceptors (Lipinski definition) is 1. The minimum atomic E-state index is 0.0350. The molecule has 17 heavy (non-hydrogen) atoms. The second-order valence-electron chi connectivity index (χ2n) is 4.74. The Labute approximate surface area is 112 Å². The summed E-state index contributed by atoms with van der Waals surface area (Å²) in [7, 11) is 0. The third-order valence-corrected chi connectivity index (χ3v) is 3.88. The minimum absolute atomic E-state index is 0.0350. The summed E-state index contributed by atoms with van der Waals surface area (Å²) in [6.45, 7) is 8.83. The molecule has 0 bridgehead atoms. The van der Waals surface area contributed by atoms with E-state index in [-0.39, 0.29) is 5.91 Å². The number of rotatable bonds is 4. The molecule has 1 rings (SSSR count). The van der Waals surface area contributed by atoms with Crippen molar-refractivity contribution in [3.63, 3.8) is 0 Å². The van der Waals surface area contributed by atoms with Crippen LogP contribution in [0.5, 0.6) is 0 Å². The van der Waals surface area contributed by atoms with Gasteiger partial charge in [-0.25, -0.2) is 0 Å². The summed E-state index contributed by atoms with van der Waals surface area (Å²) in [5.41, 5.74) is 4.11. The molecule has 0 saturated carbocycles. The summed E-state index contributed by atoms with van der Waals surface area (Å²) >= 11 is 3.41. The van der Waals surface area contributed by atoms with Crippen LogP contribution in [-0.2, 0) is 0 Å². The predicted molar refractivity (Wildman–Crippen MR) is 75.9 cm³/mol. The van der Waals surface area contributed by atoms with Crippen molar-refractivity contribution in [2.24, 2.45) is 5.92 Å². The number of amides is 1. The van der Waals surface area contributed by atoms with Gasteiger partial charge >= 0.3 is 0 Å². The van der Waals surface area contributed by atoms with Crippen LogP contribution >= 0.6 is 15.9 Å². The molecule has 1 unspecified atom stereocenters. The Balaban J connectivity index is 2.82. The Morgan fingerprint density at radius 2 is 1.82 bits per heavy atom. The van der Waals surface area contributed by atoms with Crippen molar-refractivity contribution in [1.82, 2.24) is 5.32 Å². The first-order valence-corrected chi connectivity index (χ1v) is 6.99. The second-order valence-corrected chi connectivity index (χ2v) is 5.39. The molecular weight excluding hydrogens is 278 g/mol. The summed E-state index contributed by atoms with van der Waals surface area (Å²) < 4.78 is 0. The monoisotopic (exact) mass is 297 g/mol. The molecule has 0 fully saturated rings. The summed E-state index contributed by atoms with van der Waals surface area (Å²) in [6, 6.07) is 4.10. The van der Waals surface area contributed by atoms with E-state index in [9.17, 15) is 4.79 Å². The van der Waals surface area contributed by atoms with Crippen molar-refractivity contribution in [3.8, 4) is 0 Å². The summed E-state index contributed by atoms with van der Waals surface area (Å²) in [5.74, 6) is 0.484. The number of nitrogens with one attached hydrogen (secondary N) is 1. The van der Waals surface area contributed by atoms with E-state index in [0.29, 0.717) is 12.5 Å². The van der Waals surface area contributed by atoms with E-state index in [4.69, 9.17) is 0 Å². The number of halogens is 1. The van der Waals surface area contributed by atoms with Gasteiger partial charge in [0.2, 0.25) is 0 Å². The average molecular weight is 298 g/mol. The van der Waals surface area contributed by atoms with Gasteiger partial charge in [-0.05, 0) is 37.8 Å². The first-order chi connectivity index (χ1) is 7.95. The van der Waals surface area contributed by atoms with Crippen LogP contribution in [0.25, 0.3) is 0 Å². The molecule has 94 valence electrons. The first-order valence-electron chi connectivity index (χ1n) is 5.87. The third-order valence-electron chi connectivity index (χ3n) is 2.78. The van der Waals surface area contributed by atoms with Crippen LogP contribution in [0.3, 0.4) is 0 Å². The maximum atomic E-state index is 12.1. The number of alkyl halides is 1. The zero-order valence-electron chi connectivity index (χ0n) is 10.9. The maximum Gasteiger partial charge on any atom is 0.251 e. The lowest BCUT2D eigenvalue weighted by Crippen LogP contribution is -2.30. The zero-order chi connectivity index (χ0) is 13.0. The molecule has 3 heteroatoms. The van der Waals surface area contributed by atoms with Gasteiger partial charge in [0, 0.05) is 17.4 Å². The topological polar surface area (TPSA) is 29.1 Å². The largest absolute Gasteiger partial charge is 0.352 e. The van der Waals surface area contributed by atoms with E-state index in [2.05, 4.69) is 47.2 Å². The van der Waals surface area contributed by atoms with Crippen molar-refractivity contribution in [2.45, 2.75) is 27.7 Å². The highest BCUT2D eigenvalue weighted by molar-refractivity contribution is 9.09. The van der Waals surface area contributed by atoms with E-state index < -0.39 is 0 Å². The molecule has 0 aliphatic heterocycles. The lowest BCUT2D eigenvalue weighted by atomic mass is 9.99. The van der Waals surface area contributed by atoms with Gasteiger partial charge < -0.3 is 5.32 Å². The highest BCUT2D eigenvalue weighted by atomic mass is 79.9. The van der Waals surface area contributed by atoms with Gasteiger partial charge in [0.25, 0.3) is 5.91 Å². The molecule has 0 aromatic heterocycles. The fourth-order valence-corrected chi connectivity index (χ4v) is 2.18. The van der Waals surface area contributed by atoms with Crippen molar-refractivity contribution < 1.29 is 4.79 Å². The van der Waals surface area contributed by atoms with Crippen molar-refractivity contribution >= 4 is 21.8 Å². The molecule has 0 aliphatic carbocycles. The third kappa shape index (κ3) is 3.84. The Kier molecular flexibility index (Phi) is 5.19. The SMILES string of the molecule is Cc1cc(C)c(C(=O)NCC(C)CBr)c(C)c1. The fraction of sp³-hybridized carbons (Fsp3) is 0.500. The summed E-state index contributed by atoms with van der Waals surface area (Å²) in [6.07, 6.45) is 0. The predicted octanol–water partition coefficient (Wildman–Crippen LogP) is 3.37. The van der Waals surface area contributed by atoms with Gasteiger partial charge in [-0.15, -0.1) is 0 Å². The summed E-state index contributed by atoms with van der Waals surface area (Å²) in [4.78, 5) is 12.1. The van der Waals surface area contributed by atoms with Crippen molar-refractivity contribution in [3.05, 3.63) is 34.4 Å². The molecule has 0 spiro atoms. The molecule has 1 aromatic carbocycles. The van der Waals surface area contributed by atoms with E-state index in [0.717, 1.165) is 22.0 Å². The van der Waals surface area contributed by atoms with Gasteiger partial charge in [-0.1, -0.05) is 40.5 Å². The molecule has 1 atom stereocenters. The molecule has 0 radical (unpaired) electrons. The van der Waals surface area contributed by atoms with Gasteiger partial charge in [0.15, 0.2) is 0 Å². The van der Waals surface area contributed by atoms with Gasteiger partial charge in [0.05, 0.1) is 0 Å². The molecule has 0 aliphatic rings. The minimum Gasteiger partial charge on any atom is -0.352 e. The van der Waals surface area contributed by atoms with Gasteiger partial charge in [-0.2, -0.15) is 0 Å². The van der Waals surface area contributed by atoms with Gasteiger partial charge in [-0.3, -0.25) is 4.79 Å². The van der Waals surface area contributed by atoms with E-state index >= 15 is 0 Å².